The van der Waals surface area contributed by atoms with E-state index in [9.17, 15) is 23.9 Å². The molecule has 3 N–H and O–H groups in total. The molecule has 1 amide bonds. The maximum absolute atomic E-state index is 13.2. The van der Waals surface area contributed by atoms with E-state index in [0.717, 1.165) is 17.2 Å². The molecule has 9 heteroatoms. The highest BCUT2D eigenvalue weighted by Gasteiger charge is 2.21. The minimum Gasteiger partial charge on any atom is -0.481 e. The van der Waals surface area contributed by atoms with Crippen LogP contribution in [0, 0.1) is 5.82 Å². The number of aromatic amines is 1. The number of carboxylic acids is 1. The van der Waals surface area contributed by atoms with Gasteiger partial charge in [0.15, 0.2) is 0 Å². The first kappa shape index (κ1) is 23.0. The van der Waals surface area contributed by atoms with E-state index in [1.54, 1.807) is 60.7 Å². The molecule has 0 aliphatic heterocycles. The molecule has 1 aromatic heterocycles. The second kappa shape index (κ2) is 9.76. The molecule has 1 unspecified atom stereocenters. The van der Waals surface area contributed by atoms with Crippen molar-refractivity contribution in [2.75, 3.05) is 0 Å². The summed E-state index contributed by atoms with van der Waals surface area (Å²) in [6.45, 7) is 0. The number of amides is 1. The standard InChI is InChI=1S/C25H19ClFN3O4/c26-18-7-11-20(12-8-18)30-23(31)13-22(29-30)25(34)28-21(14-24(32)33)17-3-1-15(2-4-17)16-5-9-19(27)10-6-16/h1-13,21,29H,14H2,(H,28,34)(H,32,33). The van der Waals surface area contributed by atoms with Crippen LogP contribution in [0.5, 0.6) is 0 Å². The van der Waals surface area contributed by atoms with Crippen molar-refractivity contribution in [3.63, 3.8) is 0 Å². The van der Waals surface area contributed by atoms with Crippen molar-refractivity contribution in [3.8, 4) is 16.8 Å². The summed E-state index contributed by atoms with van der Waals surface area (Å²) < 4.78 is 14.4. The first-order valence-corrected chi connectivity index (χ1v) is 10.6. The van der Waals surface area contributed by atoms with E-state index in [1.165, 1.54) is 16.8 Å². The highest BCUT2D eigenvalue weighted by atomic mass is 35.5. The number of aromatic nitrogens is 2. The van der Waals surface area contributed by atoms with Crippen LogP contribution in [0.2, 0.25) is 5.02 Å². The summed E-state index contributed by atoms with van der Waals surface area (Å²) in [6, 6.07) is 19.7. The van der Waals surface area contributed by atoms with Crippen LogP contribution in [0.25, 0.3) is 16.8 Å². The summed E-state index contributed by atoms with van der Waals surface area (Å²) in [5.74, 6) is -2.06. The Kier molecular flexibility index (Phi) is 6.60. The van der Waals surface area contributed by atoms with Crippen LogP contribution in [0.15, 0.2) is 83.7 Å². The molecule has 3 aromatic carbocycles. The van der Waals surface area contributed by atoms with Crippen LogP contribution in [-0.4, -0.2) is 26.8 Å². The number of H-pyrrole nitrogens is 1. The lowest BCUT2D eigenvalue weighted by Gasteiger charge is -2.17. The van der Waals surface area contributed by atoms with Gasteiger partial charge >= 0.3 is 5.97 Å². The van der Waals surface area contributed by atoms with E-state index in [-0.39, 0.29) is 17.9 Å². The van der Waals surface area contributed by atoms with Gasteiger partial charge in [0.25, 0.3) is 11.5 Å². The van der Waals surface area contributed by atoms with Gasteiger partial charge in [-0.3, -0.25) is 19.5 Å². The van der Waals surface area contributed by atoms with Crippen LogP contribution in [0.1, 0.15) is 28.5 Å². The van der Waals surface area contributed by atoms with Gasteiger partial charge in [-0.05, 0) is 53.1 Å². The molecule has 0 aliphatic carbocycles. The average Bonchev–Trinajstić information content (AvgIpc) is 3.21. The topological polar surface area (TPSA) is 104 Å². The van der Waals surface area contributed by atoms with Gasteiger partial charge in [-0.2, -0.15) is 0 Å². The normalized spacial score (nSPS) is 11.7. The zero-order valence-electron chi connectivity index (χ0n) is 17.7. The third-order valence-corrected chi connectivity index (χ3v) is 5.48. The van der Waals surface area contributed by atoms with Crippen molar-refractivity contribution in [3.05, 3.63) is 111 Å². The van der Waals surface area contributed by atoms with Gasteiger partial charge in [-0.15, -0.1) is 0 Å². The van der Waals surface area contributed by atoms with E-state index >= 15 is 0 Å². The molecule has 34 heavy (non-hydrogen) atoms. The molecular weight excluding hydrogens is 461 g/mol. The summed E-state index contributed by atoms with van der Waals surface area (Å²) in [5, 5.41) is 15.3. The highest BCUT2D eigenvalue weighted by molar-refractivity contribution is 6.30. The molecule has 0 spiro atoms. The number of benzene rings is 3. The Balaban J connectivity index is 1.55. The Morgan fingerprint density at radius 1 is 0.971 bits per heavy atom. The number of hydrogen-bond donors (Lipinski definition) is 3. The Morgan fingerprint density at radius 2 is 1.56 bits per heavy atom. The van der Waals surface area contributed by atoms with E-state index < -0.39 is 23.5 Å². The van der Waals surface area contributed by atoms with E-state index in [1.807, 2.05) is 0 Å². The van der Waals surface area contributed by atoms with Gasteiger partial charge in [0.2, 0.25) is 0 Å². The molecule has 0 aliphatic rings. The Hall–Kier alpha value is -4.17. The predicted molar refractivity (Wildman–Crippen MR) is 126 cm³/mol. The number of carboxylic acid groups (broad SMARTS) is 1. The molecule has 1 atom stereocenters. The second-order valence-electron chi connectivity index (χ2n) is 7.57. The number of rotatable bonds is 7. The Morgan fingerprint density at radius 3 is 2.15 bits per heavy atom. The minimum atomic E-state index is -1.10. The summed E-state index contributed by atoms with van der Waals surface area (Å²) >= 11 is 5.88. The van der Waals surface area contributed by atoms with Crippen LogP contribution in [0.3, 0.4) is 0 Å². The maximum atomic E-state index is 13.2. The first-order chi connectivity index (χ1) is 16.3. The fraction of sp³-hybridized carbons (Fsp3) is 0.0800. The van der Waals surface area contributed by atoms with Crippen molar-refractivity contribution >= 4 is 23.5 Å². The zero-order chi connectivity index (χ0) is 24.2. The number of carbonyl (C=O) groups excluding carboxylic acids is 1. The number of halogens is 2. The van der Waals surface area contributed by atoms with Gasteiger partial charge in [0.05, 0.1) is 18.2 Å². The van der Waals surface area contributed by atoms with Crippen molar-refractivity contribution in [1.82, 2.24) is 15.1 Å². The van der Waals surface area contributed by atoms with Crippen LogP contribution in [-0.2, 0) is 4.79 Å². The molecule has 0 fully saturated rings. The van der Waals surface area contributed by atoms with Gasteiger partial charge in [0, 0.05) is 11.1 Å². The molecule has 0 saturated carbocycles. The molecule has 172 valence electrons. The minimum absolute atomic E-state index is 0.0155. The zero-order valence-corrected chi connectivity index (χ0v) is 18.4. The SMILES string of the molecule is O=C(O)CC(NC(=O)c1cc(=O)n(-c2ccc(Cl)cc2)[nH]1)c1ccc(-c2ccc(F)cc2)cc1. The molecule has 0 radical (unpaired) electrons. The van der Waals surface area contributed by atoms with Crippen molar-refractivity contribution in [1.29, 1.82) is 0 Å². The third kappa shape index (κ3) is 5.24. The largest absolute Gasteiger partial charge is 0.481 e. The van der Waals surface area contributed by atoms with E-state index in [0.29, 0.717) is 16.3 Å². The lowest BCUT2D eigenvalue weighted by molar-refractivity contribution is -0.137. The highest BCUT2D eigenvalue weighted by Crippen LogP contribution is 2.24. The molecule has 1 heterocycles. The fourth-order valence-corrected chi connectivity index (χ4v) is 3.63. The Bertz CT molecular complexity index is 1380. The number of nitrogens with zero attached hydrogens (tertiary/aromatic N) is 1. The number of aliphatic carboxylic acids is 1. The van der Waals surface area contributed by atoms with E-state index in [4.69, 9.17) is 11.6 Å². The summed E-state index contributed by atoms with van der Waals surface area (Å²) in [5.41, 5.74) is 2.21. The third-order valence-electron chi connectivity index (χ3n) is 5.22. The molecule has 4 rings (SSSR count). The summed E-state index contributed by atoms with van der Waals surface area (Å²) in [4.78, 5) is 36.6. The molecule has 7 nitrogen and oxygen atoms in total. The van der Waals surface area contributed by atoms with Gasteiger partial charge in [-0.1, -0.05) is 48.0 Å². The van der Waals surface area contributed by atoms with Gasteiger partial charge in [-0.25, -0.2) is 9.07 Å². The monoisotopic (exact) mass is 479 g/mol. The van der Waals surface area contributed by atoms with Crippen LogP contribution >= 0.6 is 11.6 Å². The summed E-state index contributed by atoms with van der Waals surface area (Å²) in [6.07, 6.45) is -0.357. The van der Waals surface area contributed by atoms with Crippen molar-refractivity contribution in [2.45, 2.75) is 12.5 Å². The smallest absolute Gasteiger partial charge is 0.305 e. The Labute approximate surface area is 198 Å². The molecular formula is C25H19ClFN3O4. The van der Waals surface area contributed by atoms with Crippen LogP contribution < -0.4 is 10.9 Å². The second-order valence-corrected chi connectivity index (χ2v) is 8.01. The van der Waals surface area contributed by atoms with Gasteiger partial charge < -0.3 is 10.4 Å². The molecule has 0 bridgehead atoms. The van der Waals surface area contributed by atoms with Crippen molar-refractivity contribution < 1.29 is 19.1 Å². The quantitative estimate of drug-likeness (QED) is 0.361. The van der Waals surface area contributed by atoms with Gasteiger partial charge in [0.1, 0.15) is 11.5 Å². The number of hydrogen-bond acceptors (Lipinski definition) is 3. The number of carbonyl (C=O) groups is 2. The lowest BCUT2D eigenvalue weighted by Crippen LogP contribution is -2.30. The number of nitrogens with one attached hydrogen (secondary N) is 2. The predicted octanol–water partition coefficient (Wildman–Crippen LogP) is 4.57. The van der Waals surface area contributed by atoms with Crippen molar-refractivity contribution in [2.24, 2.45) is 0 Å². The van der Waals surface area contributed by atoms with Crippen LogP contribution in [0.4, 0.5) is 4.39 Å². The average molecular weight is 480 g/mol. The lowest BCUT2D eigenvalue weighted by atomic mass is 9.99. The van der Waals surface area contributed by atoms with E-state index in [2.05, 4.69) is 10.4 Å². The summed E-state index contributed by atoms with van der Waals surface area (Å²) in [7, 11) is 0. The first-order valence-electron chi connectivity index (χ1n) is 10.3. The fourth-order valence-electron chi connectivity index (χ4n) is 3.51. The molecule has 0 saturated heterocycles. The molecule has 4 aromatic rings. The maximum Gasteiger partial charge on any atom is 0.305 e.